The van der Waals surface area contributed by atoms with E-state index in [-0.39, 0.29) is 6.79 Å². The molecule has 7 nitrogen and oxygen atoms in total. The van der Waals surface area contributed by atoms with Crippen LogP contribution >= 0.6 is 23.4 Å². The molecule has 0 amide bonds. The number of rotatable bonds is 4. The number of aryl methyl sites for hydroxylation is 1. The van der Waals surface area contributed by atoms with Gasteiger partial charge < -0.3 is 19.5 Å². The Morgan fingerprint density at radius 2 is 1.82 bits per heavy atom. The van der Waals surface area contributed by atoms with Crippen molar-refractivity contribution in [1.82, 2.24) is 15.2 Å². The average molecular weight is 491 g/mol. The summed E-state index contributed by atoms with van der Waals surface area (Å²) in [4.78, 5) is 4.71. The lowest BCUT2D eigenvalue weighted by molar-refractivity contribution is 0.173. The number of hydrogen-bond donors (Lipinski definition) is 1. The van der Waals surface area contributed by atoms with Gasteiger partial charge in [0.1, 0.15) is 0 Å². The van der Waals surface area contributed by atoms with E-state index in [1.165, 1.54) is 22.9 Å². The van der Waals surface area contributed by atoms with Crippen molar-refractivity contribution in [3.63, 3.8) is 0 Å². The third-order valence-corrected chi connectivity index (χ3v) is 6.83. The smallest absolute Gasteiger partial charge is 0.247 e. The van der Waals surface area contributed by atoms with E-state index in [2.05, 4.69) is 46.7 Å². The first kappa shape index (κ1) is 21.1. The molecule has 0 aliphatic carbocycles. The van der Waals surface area contributed by atoms with Gasteiger partial charge in [0.15, 0.2) is 23.4 Å². The zero-order valence-electron chi connectivity index (χ0n) is 18.1. The molecule has 0 spiro atoms. The highest BCUT2D eigenvalue weighted by atomic mass is 35.5. The lowest BCUT2D eigenvalue weighted by atomic mass is 10.1. The second-order valence-electron chi connectivity index (χ2n) is 7.94. The van der Waals surface area contributed by atoms with Crippen molar-refractivity contribution in [2.75, 3.05) is 12.1 Å². The zero-order valence-corrected chi connectivity index (χ0v) is 19.7. The first-order valence-corrected chi connectivity index (χ1v) is 12.0. The summed E-state index contributed by atoms with van der Waals surface area (Å²) in [5, 5.41) is 13.3. The summed E-state index contributed by atoms with van der Waals surface area (Å²) < 4.78 is 17.3. The molecule has 170 valence electrons. The molecule has 3 heterocycles. The summed E-state index contributed by atoms with van der Waals surface area (Å²) in [5.74, 6) is 2.35. The number of aromatic nitrogens is 3. The number of ether oxygens (including phenoxy) is 3. The van der Waals surface area contributed by atoms with Gasteiger partial charge in [0.2, 0.25) is 17.8 Å². The Bertz CT molecular complexity index is 1380. The molecule has 2 aliphatic rings. The summed E-state index contributed by atoms with van der Waals surface area (Å²) in [6.45, 7) is 2.24. The maximum atomic E-state index is 6.60. The molecule has 1 aromatic heterocycles. The van der Waals surface area contributed by atoms with Gasteiger partial charge in [-0.3, -0.25) is 0 Å². The normalized spacial score (nSPS) is 15.5. The molecule has 6 rings (SSSR count). The quantitative estimate of drug-likeness (QED) is 0.348. The van der Waals surface area contributed by atoms with Crippen molar-refractivity contribution in [1.29, 1.82) is 0 Å². The molecule has 1 atom stereocenters. The Labute approximate surface area is 205 Å². The summed E-state index contributed by atoms with van der Waals surface area (Å²) in [6, 6.07) is 19.8. The molecule has 0 saturated heterocycles. The zero-order chi connectivity index (χ0) is 23.1. The number of nitrogens with zero attached hydrogens (tertiary/aromatic N) is 3. The SMILES string of the molecule is Cc1ccc(CSc2nnc3c(n2)OC(c2cc4c(cc2Cl)OCO4)Nc2ccccc2-3)cc1. The summed E-state index contributed by atoms with van der Waals surface area (Å²) in [7, 11) is 0. The van der Waals surface area contributed by atoms with Gasteiger partial charge in [-0.1, -0.05) is 71.4 Å². The van der Waals surface area contributed by atoms with Gasteiger partial charge in [0, 0.05) is 28.6 Å². The molecule has 4 aromatic rings. The topological polar surface area (TPSA) is 78.4 Å². The maximum Gasteiger partial charge on any atom is 0.247 e. The van der Waals surface area contributed by atoms with Crippen LogP contribution in [-0.2, 0) is 5.75 Å². The van der Waals surface area contributed by atoms with Crippen LogP contribution in [0, 0.1) is 6.92 Å². The predicted octanol–water partition coefficient (Wildman–Crippen LogP) is 6.02. The van der Waals surface area contributed by atoms with E-state index in [0.717, 1.165) is 17.0 Å². The highest BCUT2D eigenvalue weighted by Gasteiger charge is 2.29. The first-order chi connectivity index (χ1) is 16.6. The van der Waals surface area contributed by atoms with Crippen molar-refractivity contribution in [3.8, 4) is 28.6 Å². The van der Waals surface area contributed by atoms with Crippen LogP contribution in [0.4, 0.5) is 5.69 Å². The maximum absolute atomic E-state index is 6.60. The molecule has 1 unspecified atom stereocenters. The van der Waals surface area contributed by atoms with Gasteiger partial charge in [-0.15, -0.1) is 10.2 Å². The molecule has 2 aliphatic heterocycles. The number of nitrogens with one attached hydrogen (secondary N) is 1. The van der Waals surface area contributed by atoms with Crippen molar-refractivity contribution in [3.05, 3.63) is 82.4 Å². The molecule has 0 saturated carbocycles. The van der Waals surface area contributed by atoms with Crippen LogP contribution in [-0.4, -0.2) is 22.0 Å². The third kappa shape index (κ3) is 3.99. The summed E-state index contributed by atoms with van der Waals surface area (Å²) >= 11 is 8.11. The Morgan fingerprint density at radius 3 is 2.68 bits per heavy atom. The number of hydrogen-bond acceptors (Lipinski definition) is 8. The molecule has 1 N–H and O–H groups in total. The Kier molecular flexibility index (Phi) is 5.39. The van der Waals surface area contributed by atoms with Crippen molar-refractivity contribution in [2.45, 2.75) is 24.1 Å². The van der Waals surface area contributed by atoms with Gasteiger partial charge in [-0.25, -0.2) is 0 Å². The standard InChI is InChI=1S/C25H19ClN4O3S/c1-14-6-8-15(9-7-14)12-34-25-28-24-22(29-30-25)16-4-2-3-5-19(16)27-23(33-24)17-10-20-21(11-18(17)26)32-13-31-20/h2-11,23,27H,12-13H2,1H3. The van der Waals surface area contributed by atoms with Crippen molar-refractivity contribution >= 4 is 29.1 Å². The number of halogens is 1. The van der Waals surface area contributed by atoms with Crippen LogP contribution in [0.15, 0.2) is 65.8 Å². The summed E-state index contributed by atoms with van der Waals surface area (Å²) in [6.07, 6.45) is -0.615. The van der Waals surface area contributed by atoms with Gasteiger partial charge >= 0.3 is 0 Å². The lowest BCUT2D eigenvalue weighted by Crippen LogP contribution is -2.17. The van der Waals surface area contributed by atoms with E-state index in [1.54, 1.807) is 6.07 Å². The van der Waals surface area contributed by atoms with E-state index in [0.29, 0.717) is 38.8 Å². The minimum absolute atomic E-state index is 0.165. The minimum Gasteiger partial charge on any atom is -0.454 e. The molecular weight excluding hydrogens is 472 g/mol. The summed E-state index contributed by atoms with van der Waals surface area (Å²) in [5.41, 5.74) is 5.39. The van der Waals surface area contributed by atoms with Gasteiger partial charge in [-0.05, 0) is 24.6 Å². The van der Waals surface area contributed by atoms with E-state index >= 15 is 0 Å². The van der Waals surface area contributed by atoms with Gasteiger partial charge in [-0.2, -0.15) is 4.98 Å². The highest BCUT2D eigenvalue weighted by molar-refractivity contribution is 7.98. The lowest BCUT2D eigenvalue weighted by Gasteiger charge is -2.20. The van der Waals surface area contributed by atoms with Crippen LogP contribution in [0.3, 0.4) is 0 Å². The fourth-order valence-electron chi connectivity index (χ4n) is 3.82. The first-order valence-electron chi connectivity index (χ1n) is 10.7. The van der Waals surface area contributed by atoms with Crippen LogP contribution in [0.2, 0.25) is 5.02 Å². The fourth-order valence-corrected chi connectivity index (χ4v) is 4.80. The Morgan fingerprint density at radius 1 is 1.03 bits per heavy atom. The molecule has 0 bridgehead atoms. The van der Waals surface area contributed by atoms with E-state index < -0.39 is 6.23 Å². The minimum atomic E-state index is -0.615. The predicted molar refractivity (Wildman–Crippen MR) is 131 cm³/mol. The highest BCUT2D eigenvalue weighted by Crippen LogP contribution is 2.44. The Balaban J connectivity index is 1.36. The van der Waals surface area contributed by atoms with Crippen molar-refractivity contribution < 1.29 is 14.2 Å². The second kappa shape index (κ2) is 8.70. The number of benzene rings is 3. The number of thioether (sulfide) groups is 1. The van der Waals surface area contributed by atoms with Gasteiger partial charge in [0.05, 0.1) is 5.02 Å². The van der Waals surface area contributed by atoms with Gasteiger partial charge in [0.25, 0.3) is 0 Å². The Hall–Kier alpha value is -3.49. The largest absolute Gasteiger partial charge is 0.454 e. The number of para-hydroxylation sites is 1. The van der Waals surface area contributed by atoms with Crippen LogP contribution in [0.5, 0.6) is 17.4 Å². The number of fused-ring (bicyclic) bond motifs is 4. The molecule has 9 heteroatoms. The van der Waals surface area contributed by atoms with Crippen LogP contribution < -0.4 is 19.5 Å². The van der Waals surface area contributed by atoms with E-state index in [4.69, 9.17) is 30.8 Å². The molecule has 0 fully saturated rings. The van der Waals surface area contributed by atoms with E-state index in [9.17, 15) is 0 Å². The second-order valence-corrected chi connectivity index (χ2v) is 9.29. The monoisotopic (exact) mass is 490 g/mol. The molecule has 3 aromatic carbocycles. The van der Waals surface area contributed by atoms with Crippen molar-refractivity contribution in [2.24, 2.45) is 0 Å². The fraction of sp³-hybridized carbons (Fsp3) is 0.160. The third-order valence-electron chi connectivity index (χ3n) is 5.60. The molecule has 0 radical (unpaired) electrons. The number of anilines is 1. The van der Waals surface area contributed by atoms with Crippen LogP contribution in [0.1, 0.15) is 22.9 Å². The average Bonchev–Trinajstić information content (AvgIpc) is 3.23. The van der Waals surface area contributed by atoms with E-state index in [1.807, 2.05) is 30.3 Å². The van der Waals surface area contributed by atoms with Crippen LogP contribution in [0.25, 0.3) is 11.3 Å². The molecular formula is C25H19ClN4O3S. The molecule has 34 heavy (non-hydrogen) atoms.